The third-order valence-electron chi connectivity index (χ3n) is 2.57. The summed E-state index contributed by atoms with van der Waals surface area (Å²) >= 11 is 0. The Labute approximate surface area is 72.6 Å². The minimum absolute atomic E-state index is 0.654. The molecular weight excluding hydrogens is 150 g/mol. The fourth-order valence-corrected chi connectivity index (χ4v) is 1.87. The van der Waals surface area contributed by atoms with E-state index in [0.29, 0.717) is 5.92 Å². The van der Waals surface area contributed by atoms with Crippen LogP contribution in [-0.4, -0.2) is 23.3 Å². The Hall–Kier alpha value is -0.830. The van der Waals surface area contributed by atoms with E-state index in [1.807, 2.05) is 6.20 Å². The lowest BCUT2D eigenvalue weighted by atomic mass is 9.94. The molecule has 1 saturated heterocycles. The molecule has 1 aromatic rings. The van der Waals surface area contributed by atoms with E-state index in [2.05, 4.69) is 22.4 Å². The standard InChI is InChI=1S/C9H15N3/c1-7-5-11-12-9(7)8-3-2-4-10-6-8/h5,8,10H,2-4,6H2,1H3,(H,11,12)/t8-/m1/s1. The molecule has 2 rings (SSSR count). The summed E-state index contributed by atoms with van der Waals surface area (Å²) < 4.78 is 0. The molecule has 0 saturated carbocycles. The molecule has 0 aliphatic carbocycles. The van der Waals surface area contributed by atoms with E-state index < -0.39 is 0 Å². The Bertz CT molecular complexity index is 248. The van der Waals surface area contributed by atoms with Crippen molar-refractivity contribution in [2.45, 2.75) is 25.7 Å². The van der Waals surface area contributed by atoms with Crippen molar-refractivity contribution in [3.05, 3.63) is 17.5 Å². The second kappa shape index (κ2) is 3.27. The summed E-state index contributed by atoms with van der Waals surface area (Å²) in [6.07, 6.45) is 4.48. The molecule has 66 valence electrons. The van der Waals surface area contributed by atoms with Crippen LogP contribution in [0.5, 0.6) is 0 Å². The van der Waals surface area contributed by atoms with Gasteiger partial charge in [0, 0.05) is 18.2 Å². The molecule has 1 atom stereocenters. The fraction of sp³-hybridized carbons (Fsp3) is 0.667. The molecule has 2 N–H and O–H groups in total. The van der Waals surface area contributed by atoms with Gasteiger partial charge in [0.2, 0.25) is 0 Å². The van der Waals surface area contributed by atoms with Crippen molar-refractivity contribution in [2.24, 2.45) is 0 Å². The number of aromatic amines is 1. The number of rotatable bonds is 1. The van der Waals surface area contributed by atoms with E-state index in [-0.39, 0.29) is 0 Å². The summed E-state index contributed by atoms with van der Waals surface area (Å²) in [5.41, 5.74) is 2.62. The molecule has 0 aromatic carbocycles. The third-order valence-corrected chi connectivity index (χ3v) is 2.57. The number of hydrogen-bond acceptors (Lipinski definition) is 2. The van der Waals surface area contributed by atoms with Gasteiger partial charge in [-0.15, -0.1) is 0 Å². The van der Waals surface area contributed by atoms with Crippen LogP contribution in [0.25, 0.3) is 0 Å². The quantitative estimate of drug-likeness (QED) is 0.656. The first-order valence-corrected chi connectivity index (χ1v) is 4.58. The molecule has 0 radical (unpaired) electrons. The van der Waals surface area contributed by atoms with Crippen molar-refractivity contribution in [2.75, 3.05) is 13.1 Å². The van der Waals surface area contributed by atoms with Gasteiger partial charge < -0.3 is 5.32 Å². The van der Waals surface area contributed by atoms with Gasteiger partial charge >= 0.3 is 0 Å². The van der Waals surface area contributed by atoms with Gasteiger partial charge in [0.25, 0.3) is 0 Å². The second-order valence-electron chi connectivity index (χ2n) is 3.51. The molecule has 3 nitrogen and oxygen atoms in total. The Balaban J connectivity index is 2.13. The van der Waals surface area contributed by atoms with Gasteiger partial charge in [-0.2, -0.15) is 5.10 Å². The van der Waals surface area contributed by atoms with Crippen molar-refractivity contribution in [1.82, 2.24) is 15.5 Å². The molecule has 0 spiro atoms. The maximum Gasteiger partial charge on any atom is 0.0519 e. The van der Waals surface area contributed by atoms with Crippen LogP contribution in [0.2, 0.25) is 0 Å². The fourth-order valence-electron chi connectivity index (χ4n) is 1.87. The lowest BCUT2D eigenvalue weighted by Gasteiger charge is -2.21. The van der Waals surface area contributed by atoms with Gasteiger partial charge in [-0.1, -0.05) is 0 Å². The molecular formula is C9H15N3. The van der Waals surface area contributed by atoms with Crippen molar-refractivity contribution in [3.63, 3.8) is 0 Å². The molecule has 1 aliphatic rings. The Morgan fingerprint density at radius 1 is 1.58 bits per heavy atom. The summed E-state index contributed by atoms with van der Waals surface area (Å²) in [6, 6.07) is 0. The first-order chi connectivity index (χ1) is 5.88. The van der Waals surface area contributed by atoms with Crippen LogP contribution in [0.4, 0.5) is 0 Å². The maximum atomic E-state index is 4.04. The molecule has 12 heavy (non-hydrogen) atoms. The number of piperidine rings is 1. The zero-order valence-corrected chi connectivity index (χ0v) is 7.43. The largest absolute Gasteiger partial charge is 0.316 e. The van der Waals surface area contributed by atoms with E-state index in [1.54, 1.807) is 0 Å². The number of H-pyrrole nitrogens is 1. The molecule has 1 aromatic heterocycles. The lowest BCUT2D eigenvalue weighted by molar-refractivity contribution is 0.453. The van der Waals surface area contributed by atoms with Crippen LogP contribution < -0.4 is 5.32 Å². The highest BCUT2D eigenvalue weighted by Gasteiger charge is 2.17. The SMILES string of the molecule is Cc1cn[nH]c1[C@@H]1CCCNC1. The van der Waals surface area contributed by atoms with Crippen LogP contribution >= 0.6 is 0 Å². The maximum absolute atomic E-state index is 4.04. The summed E-state index contributed by atoms with van der Waals surface area (Å²) in [6.45, 7) is 4.39. The van der Waals surface area contributed by atoms with Crippen LogP contribution in [0.3, 0.4) is 0 Å². The number of hydrogen-bond donors (Lipinski definition) is 2. The third kappa shape index (κ3) is 1.37. The molecule has 0 amide bonds. The van der Waals surface area contributed by atoms with E-state index in [1.165, 1.54) is 30.6 Å². The molecule has 0 bridgehead atoms. The Kier molecular flexibility index (Phi) is 2.13. The minimum Gasteiger partial charge on any atom is -0.316 e. The summed E-state index contributed by atoms with van der Waals surface area (Å²) in [5.74, 6) is 0.654. The first-order valence-electron chi connectivity index (χ1n) is 4.58. The van der Waals surface area contributed by atoms with Crippen molar-refractivity contribution in [1.29, 1.82) is 0 Å². The van der Waals surface area contributed by atoms with E-state index in [9.17, 15) is 0 Å². The highest BCUT2D eigenvalue weighted by atomic mass is 15.1. The molecule has 1 fully saturated rings. The zero-order valence-electron chi connectivity index (χ0n) is 7.43. The monoisotopic (exact) mass is 165 g/mol. The number of nitrogens with one attached hydrogen (secondary N) is 2. The Morgan fingerprint density at radius 3 is 3.08 bits per heavy atom. The number of aryl methyl sites for hydroxylation is 1. The Morgan fingerprint density at radius 2 is 2.50 bits per heavy atom. The average Bonchev–Trinajstić information content (AvgIpc) is 2.53. The first kappa shape index (κ1) is 7.80. The van der Waals surface area contributed by atoms with E-state index in [0.717, 1.165) is 6.54 Å². The van der Waals surface area contributed by atoms with Crippen LogP contribution in [-0.2, 0) is 0 Å². The van der Waals surface area contributed by atoms with Gasteiger partial charge in [-0.25, -0.2) is 0 Å². The normalized spacial score (nSPS) is 24.2. The summed E-state index contributed by atoms with van der Waals surface area (Å²) in [5, 5.41) is 10.5. The number of aromatic nitrogens is 2. The smallest absolute Gasteiger partial charge is 0.0519 e. The van der Waals surface area contributed by atoms with E-state index in [4.69, 9.17) is 0 Å². The van der Waals surface area contributed by atoms with Crippen molar-refractivity contribution in [3.8, 4) is 0 Å². The van der Waals surface area contributed by atoms with Crippen molar-refractivity contribution < 1.29 is 0 Å². The zero-order chi connectivity index (χ0) is 8.39. The van der Waals surface area contributed by atoms with Gasteiger partial charge in [-0.05, 0) is 31.9 Å². The van der Waals surface area contributed by atoms with Gasteiger partial charge in [-0.3, -0.25) is 5.10 Å². The minimum atomic E-state index is 0.654. The van der Waals surface area contributed by atoms with Crippen LogP contribution in [0.15, 0.2) is 6.20 Å². The van der Waals surface area contributed by atoms with Gasteiger partial charge in [0.05, 0.1) is 6.20 Å². The highest BCUT2D eigenvalue weighted by Crippen LogP contribution is 2.23. The molecule has 3 heteroatoms. The highest BCUT2D eigenvalue weighted by molar-refractivity contribution is 5.19. The van der Waals surface area contributed by atoms with Crippen molar-refractivity contribution >= 4 is 0 Å². The predicted octanol–water partition coefficient (Wildman–Crippen LogP) is 1.19. The average molecular weight is 165 g/mol. The van der Waals surface area contributed by atoms with Gasteiger partial charge in [0.1, 0.15) is 0 Å². The molecule has 2 heterocycles. The summed E-state index contributed by atoms with van der Waals surface area (Å²) in [4.78, 5) is 0. The number of nitrogens with zero attached hydrogens (tertiary/aromatic N) is 1. The summed E-state index contributed by atoms with van der Waals surface area (Å²) in [7, 11) is 0. The van der Waals surface area contributed by atoms with Crippen LogP contribution in [0.1, 0.15) is 30.0 Å². The molecule has 1 aliphatic heterocycles. The predicted molar refractivity (Wildman–Crippen MR) is 48.2 cm³/mol. The topological polar surface area (TPSA) is 40.7 Å². The second-order valence-corrected chi connectivity index (χ2v) is 3.51. The molecule has 0 unspecified atom stereocenters. The van der Waals surface area contributed by atoms with Gasteiger partial charge in [0.15, 0.2) is 0 Å². The van der Waals surface area contributed by atoms with E-state index >= 15 is 0 Å². The lowest BCUT2D eigenvalue weighted by Crippen LogP contribution is -2.28. The van der Waals surface area contributed by atoms with Crippen LogP contribution in [0, 0.1) is 6.92 Å².